The van der Waals surface area contributed by atoms with Crippen LogP contribution in [0.15, 0.2) is 48.5 Å². The van der Waals surface area contributed by atoms with E-state index in [9.17, 15) is 23.2 Å². The minimum absolute atomic E-state index is 0.0534. The minimum atomic E-state index is -0.745. The quantitative estimate of drug-likeness (QED) is 0.708. The van der Waals surface area contributed by atoms with Gasteiger partial charge in [-0.3, -0.25) is 25.2 Å². The van der Waals surface area contributed by atoms with Gasteiger partial charge in [-0.05, 0) is 29.8 Å². The Balaban J connectivity index is 1.73. The lowest BCUT2D eigenvalue weighted by atomic mass is 10.1. The molecule has 0 aliphatic rings. The minimum Gasteiger partial charge on any atom is -0.343 e. The molecule has 2 aromatic carbocycles. The van der Waals surface area contributed by atoms with Gasteiger partial charge < -0.3 is 5.32 Å². The van der Waals surface area contributed by atoms with Crippen LogP contribution in [-0.4, -0.2) is 24.3 Å². The van der Waals surface area contributed by atoms with Gasteiger partial charge in [0.15, 0.2) is 0 Å². The molecule has 3 amide bonds. The predicted octanol–water partition coefficient (Wildman–Crippen LogP) is 1.08. The van der Waals surface area contributed by atoms with Gasteiger partial charge in [-0.15, -0.1) is 0 Å². The molecule has 0 aliphatic carbocycles. The maximum Gasteiger partial charge on any atom is 0.257 e. The van der Waals surface area contributed by atoms with Crippen LogP contribution in [0.25, 0.3) is 0 Å². The summed E-state index contributed by atoms with van der Waals surface area (Å²) in [6.45, 7) is -0.440. The van der Waals surface area contributed by atoms with Crippen LogP contribution < -0.4 is 16.2 Å². The van der Waals surface area contributed by atoms with Crippen LogP contribution in [0.2, 0.25) is 0 Å². The SMILES string of the molecule is O=C(CNC(=O)c1ccccc1F)NNC(=O)Cc1ccc(F)cc1. The van der Waals surface area contributed by atoms with Crippen molar-refractivity contribution in [2.75, 3.05) is 6.54 Å². The fourth-order valence-electron chi connectivity index (χ4n) is 1.92. The van der Waals surface area contributed by atoms with Gasteiger partial charge in [-0.2, -0.15) is 0 Å². The van der Waals surface area contributed by atoms with Crippen molar-refractivity contribution < 1.29 is 23.2 Å². The highest BCUT2D eigenvalue weighted by Crippen LogP contribution is 2.05. The molecule has 0 bridgehead atoms. The van der Waals surface area contributed by atoms with Gasteiger partial charge in [-0.1, -0.05) is 24.3 Å². The Hall–Kier alpha value is -3.29. The van der Waals surface area contributed by atoms with E-state index in [1.54, 1.807) is 0 Å². The maximum absolute atomic E-state index is 13.4. The van der Waals surface area contributed by atoms with Gasteiger partial charge >= 0.3 is 0 Å². The first kappa shape index (κ1) is 18.1. The van der Waals surface area contributed by atoms with E-state index in [-0.39, 0.29) is 12.0 Å². The number of rotatable bonds is 5. The second-order valence-electron chi connectivity index (χ2n) is 5.06. The van der Waals surface area contributed by atoms with Gasteiger partial charge in [0.2, 0.25) is 5.91 Å². The van der Waals surface area contributed by atoms with Crippen LogP contribution in [0, 0.1) is 11.6 Å². The summed E-state index contributed by atoms with van der Waals surface area (Å²) < 4.78 is 26.2. The van der Waals surface area contributed by atoms with Crippen LogP contribution >= 0.6 is 0 Å². The first-order valence-corrected chi connectivity index (χ1v) is 7.30. The van der Waals surface area contributed by atoms with Gasteiger partial charge in [0.05, 0.1) is 18.5 Å². The monoisotopic (exact) mass is 347 g/mol. The highest BCUT2D eigenvalue weighted by molar-refractivity contribution is 5.96. The van der Waals surface area contributed by atoms with Crippen LogP contribution in [0.1, 0.15) is 15.9 Å². The van der Waals surface area contributed by atoms with Crippen LogP contribution in [0.4, 0.5) is 8.78 Å². The van der Waals surface area contributed by atoms with Crippen molar-refractivity contribution in [1.29, 1.82) is 0 Å². The smallest absolute Gasteiger partial charge is 0.257 e. The summed E-state index contributed by atoms with van der Waals surface area (Å²) in [7, 11) is 0. The fourth-order valence-corrected chi connectivity index (χ4v) is 1.92. The van der Waals surface area contributed by atoms with Crippen molar-refractivity contribution in [3.8, 4) is 0 Å². The number of halogens is 2. The van der Waals surface area contributed by atoms with Gasteiger partial charge in [0.1, 0.15) is 11.6 Å². The highest BCUT2D eigenvalue weighted by Gasteiger charge is 2.12. The molecule has 0 saturated heterocycles. The summed E-state index contributed by atoms with van der Waals surface area (Å²) in [4.78, 5) is 35.0. The third-order valence-corrected chi connectivity index (χ3v) is 3.15. The number of hydrogen-bond acceptors (Lipinski definition) is 3. The van der Waals surface area contributed by atoms with Crippen LogP contribution in [0.3, 0.4) is 0 Å². The van der Waals surface area contributed by atoms with Crippen LogP contribution in [0.5, 0.6) is 0 Å². The second kappa shape index (κ2) is 8.53. The van der Waals surface area contributed by atoms with Crippen molar-refractivity contribution >= 4 is 17.7 Å². The molecular weight excluding hydrogens is 332 g/mol. The second-order valence-corrected chi connectivity index (χ2v) is 5.06. The Morgan fingerprint density at radius 1 is 0.840 bits per heavy atom. The number of carbonyl (C=O) groups excluding carboxylic acids is 3. The normalized spacial score (nSPS) is 10.0. The van der Waals surface area contributed by atoms with Gasteiger partial charge in [0.25, 0.3) is 11.8 Å². The van der Waals surface area contributed by atoms with Crippen molar-refractivity contribution in [2.24, 2.45) is 0 Å². The molecule has 2 rings (SSSR count). The van der Waals surface area contributed by atoms with E-state index in [1.165, 1.54) is 42.5 Å². The average Bonchev–Trinajstić information content (AvgIpc) is 2.60. The highest BCUT2D eigenvalue weighted by atomic mass is 19.1. The molecule has 0 aromatic heterocycles. The van der Waals surface area contributed by atoms with E-state index in [1.807, 2.05) is 0 Å². The number of nitrogens with one attached hydrogen (secondary N) is 3. The lowest BCUT2D eigenvalue weighted by molar-refractivity contribution is -0.128. The summed E-state index contributed by atoms with van der Waals surface area (Å²) in [6.07, 6.45) is -0.0534. The number of benzene rings is 2. The van der Waals surface area contributed by atoms with Crippen molar-refractivity contribution in [2.45, 2.75) is 6.42 Å². The summed E-state index contributed by atoms with van der Waals surface area (Å²) in [5.74, 6) is -3.06. The summed E-state index contributed by atoms with van der Waals surface area (Å²) in [5.41, 5.74) is 4.66. The Labute approximate surface area is 142 Å². The maximum atomic E-state index is 13.4. The van der Waals surface area contributed by atoms with E-state index in [0.29, 0.717) is 5.56 Å². The standard InChI is InChI=1S/C17H15F2N3O3/c18-12-7-5-11(6-8-12)9-15(23)21-22-16(24)10-20-17(25)13-3-1-2-4-14(13)19/h1-8H,9-10H2,(H,20,25)(H,21,23)(H,22,24). The number of carbonyl (C=O) groups is 3. The zero-order valence-electron chi connectivity index (χ0n) is 13.0. The third-order valence-electron chi connectivity index (χ3n) is 3.15. The van der Waals surface area contributed by atoms with Gasteiger partial charge in [-0.25, -0.2) is 8.78 Å². The van der Waals surface area contributed by atoms with Crippen LogP contribution in [-0.2, 0) is 16.0 Å². The molecule has 0 atom stereocenters. The molecule has 2 aromatic rings. The Bertz CT molecular complexity index is 779. The van der Waals surface area contributed by atoms with Crippen molar-refractivity contribution in [1.82, 2.24) is 16.2 Å². The van der Waals surface area contributed by atoms with E-state index >= 15 is 0 Å². The Kier molecular flexibility index (Phi) is 6.16. The average molecular weight is 347 g/mol. The molecule has 25 heavy (non-hydrogen) atoms. The fraction of sp³-hybridized carbons (Fsp3) is 0.118. The third kappa shape index (κ3) is 5.69. The molecule has 130 valence electrons. The van der Waals surface area contributed by atoms with E-state index in [2.05, 4.69) is 16.2 Å². The lowest BCUT2D eigenvalue weighted by Gasteiger charge is -2.09. The van der Waals surface area contributed by atoms with Crippen molar-refractivity contribution in [3.63, 3.8) is 0 Å². The number of amides is 3. The zero-order valence-corrected chi connectivity index (χ0v) is 13.0. The largest absolute Gasteiger partial charge is 0.343 e. The molecule has 0 fully saturated rings. The van der Waals surface area contributed by atoms with E-state index < -0.39 is 35.9 Å². The zero-order chi connectivity index (χ0) is 18.2. The summed E-state index contributed by atoms with van der Waals surface area (Å²) in [5, 5.41) is 2.24. The summed E-state index contributed by atoms with van der Waals surface area (Å²) in [6, 6.07) is 10.7. The molecule has 0 saturated carbocycles. The molecule has 6 nitrogen and oxygen atoms in total. The molecule has 0 spiro atoms. The first-order valence-electron chi connectivity index (χ1n) is 7.30. The first-order chi connectivity index (χ1) is 12.0. The predicted molar refractivity (Wildman–Crippen MR) is 85.1 cm³/mol. The molecule has 0 unspecified atom stereocenters. The van der Waals surface area contributed by atoms with E-state index in [4.69, 9.17) is 0 Å². The van der Waals surface area contributed by atoms with Gasteiger partial charge in [0, 0.05) is 0 Å². The van der Waals surface area contributed by atoms with E-state index in [0.717, 1.165) is 6.07 Å². The number of hydrogen-bond donors (Lipinski definition) is 3. The molecule has 3 N–H and O–H groups in total. The van der Waals surface area contributed by atoms with Crippen molar-refractivity contribution in [3.05, 3.63) is 71.3 Å². The lowest BCUT2D eigenvalue weighted by Crippen LogP contribution is -2.46. The molecule has 0 radical (unpaired) electrons. The molecule has 0 heterocycles. The topological polar surface area (TPSA) is 87.3 Å². The number of hydrazine groups is 1. The summed E-state index contributed by atoms with van der Waals surface area (Å²) >= 11 is 0. The Morgan fingerprint density at radius 2 is 1.48 bits per heavy atom. The molecular formula is C17H15F2N3O3. The Morgan fingerprint density at radius 3 is 2.16 bits per heavy atom. The molecule has 8 heteroatoms. The molecule has 0 aliphatic heterocycles.